The summed E-state index contributed by atoms with van der Waals surface area (Å²) in [6.07, 6.45) is 0. The molecule has 0 spiro atoms. The summed E-state index contributed by atoms with van der Waals surface area (Å²) in [5, 5.41) is 26.3. The fourth-order valence-corrected chi connectivity index (χ4v) is 0.884. The average Bonchev–Trinajstić information content (AvgIpc) is 2.23. The van der Waals surface area contributed by atoms with E-state index in [-0.39, 0.29) is 0 Å². The summed E-state index contributed by atoms with van der Waals surface area (Å²) in [5.74, 6) is -10.7. The van der Waals surface area contributed by atoms with Crippen LogP contribution in [0.1, 0.15) is 10.4 Å². The van der Waals surface area contributed by atoms with Crippen LogP contribution in [0.25, 0.3) is 0 Å². The van der Waals surface area contributed by atoms with E-state index >= 15 is 0 Å². The molecule has 0 saturated heterocycles. The third kappa shape index (κ3) is 1.49. The highest BCUT2D eigenvalue weighted by Gasteiger charge is 2.29. The molecular formula is C7H3F3O5. The second kappa shape index (κ2) is 3.56. The molecule has 0 radical (unpaired) electrons. The van der Waals surface area contributed by atoms with E-state index in [0.29, 0.717) is 0 Å². The van der Waals surface area contributed by atoms with Crippen molar-refractivity contribution in [3.8, 4) is 17.2 Å². The second-order valence-corrected chi connectivity index (χ2v) is 2.41. The van der Waals surface area contributed by atoms with Gasteiger partial charge in [0.25, 0.3) is 0 Å². The largest absolute Gasteiger partial charge is 0.504 e. The summed E-state index contributed by atoms with van der Waals surface area (Å²) < 4.78 is 36.9. The van der Waals surface area contributed by atoms with Crippen LogP contribution >= 0.6 is 0 Å². The van der Waals surface area contributed by atoms with Gasteiger partial charge in [0, 0.05) is 4.53 Å². The molecule has 0 bridgehead atoms. The van der Waals surface area contributed by atoms with Crippen molar-refractivity contribution >= 4 is 5.97 Å². The number of phenolic OH excluding ortho intramolecular Hbond substituents is 3. The van der Waals surface area contributed by atoms with E-state index in [0.717, 1.165) is 0 Å². The number of aromatic hydroxyl groups is 3. The Bertz CT molecular complexity index is 402. The Kier molecular flexibility index (Phi) is 2.60. The van der Waals surface area contributed by atoms with E-state index in [2.05, 4.69) is 4.94 Å². The third-order valence-corrected chi connectivity index (χ3v) is 1.58. The quantitative estimate of drug-likeness (QED) is 0.665. The van der Waals surface area contributed by atoms with Crippen molar-refractivity contribution in [1.29, 1.82) is 0 Å². The zero-order valence-electron chi connectivity index (χ0n) is 6.79. The van der Waals surface area contributed by atoms with Gasteiger partial charge in [-0.1, -0.05) is 0 Å². The molecule has 3 N–H and O–H groups in total. The summed E-state index contributed by atoms with van der Waals surface area (Å²) in [4.78, 5) is 13.1. The molecule has 1 rings (SSSR count). The highest BCUT2D eigenvalue weighted by atomic mass is 19.3. The summed E-state index contributed by atoms with van der Waals surface area (Å²) in [7, 11) is 0. The molecule has 0 amide bonds. The maximum atomic E-state index is 12.7. The van der Waals surface area contributed by atoms with Gasteiger partial charge < -0.3 is 15.3 Å². The van der Waals surface area contributed by atoms with Crippen LogP contribution in [0.15, 0.2) is 0 Å². The van der Waals surface area contributed by atoms with Gasteiger partial charge in [-0.05, 0) is 0 Å². The smallest absolute Gasteiger partial charge is 0.387 e. The molecule has 8 heteroatoms. The molecule has 0 unspecified atom stereocenters. The van der Waals surface area contributed by atoms with Gasteiger partial charge in [-0.2, -0.15) is 8.78 Å². The molecule has 0 fully saturated rings. The van der Waals surface area contributed by atoms with Crippen molar-refractivity contribution < 1.29 is 38.4 Å². The molecule has 5 nitrogen and oxygen atoms in total. The normalized spacial score (nSPS) is 10.1. The van der Waals surface area contributed by atoms with Crippen molar-refractivity contribution in [2.24, 2.45) is 0 Å². The van der Waals surface area contributed by atoms with E-state index in [9.17, 15) is 18.1 Å². The highest BCUT2D eigenvalue weighted by molar-refractivity contribution is 5.95. The predicted molar refractivity (Wildman–Crippen MR) is 37.9 cm³/mol. The molecule has 82 valence electrons. The Morgan fingerprint density at radius 1 is 1.00 bits per heavy atom. The van der Waals surface area contributed by atoms with Crippen LogP contribution in [0, 0.1) is 11.6 Å². The Hall–Kier alpha value is -2.12. The monoisotopic (exact) mass is 224 g/mol. The maximum Gasteiger partial charge on any atom is 0.387 e. The number of phenols is 3. The summed E-state index contributed by atoms with van der Waals surface area (Å²) in [6, 6.07) is 0. The minimum Gasteiger partial charge on any atom is -0.504 e. The topological polar surface area (TPSA) is 87.0 Å². The first kappa shape index (κ1) is 11.0. The molecule has 0 saturated carbocycles. The number of halogens is 3. The molecule has 1 aromatic rings. The van der Waals surface area contributed by atoms with Crippen molar-refractivity contribution in [2.45, 2.75) is 0 Å². The van der Waals surface area contributed by atoms with Crippen LogP contribution in [-0.2, 0) is 4.94 Å². The number of hydrogen-bond acceptors (Lipinski definition) is 5. The van der Waals surface area contributed by atoms with Gasteiger partial charge in [0.2, 0.25) is 11.6 Å². The molecule has 0 heterocycles. The van der Waals surface area contributed by atoms with Gasteiger partial charge >= 0.3 is 5.97 Å². The van der Waals surface area contributed by atoms with E-state index in [1.807, 2.05) is 0 Å². The standard InChI is InChI=1S/C7H3F3O5/c8-2-4(11)1(7(14)15-10)5(12)3(9)6(2)13/h11-13H. The first-order valence-corrected chi connectivity index (χ1v) is 3.36. The Morgan fingerprint density at radius 2 is 1.40 bits per heavy atom. The summed E-state index contributed by atoms with van der Waals surface area (Å²) in [6.45, 7) is 0. The van der Waals surface area contributed by atoms with Crippen molar-refractivity contribution in [3.05, 3.63) is 17.2 Å². The Morgan fingerprint density at radius 3 is 1.73 bits per heavy atom. The van der Waals surface area contributed by atoms with Crippen molar-refractivity contribution in [1.82, 2.24) is 0 Å². The lowest BCUT2D eigenvalue weighted by Gasteiger charge is -2.07. The number of carbonyl (C=O) groups excluding carboxylic acids is 1. The molecule has 0 aliphatic heterocycles. The molecular weight excluding hydrogens is 221 g/mol. The maximum absolute atomic E-state index is 12.7. The zero-order valence-corrected chi connectivity index (χ0v) is 6.79. The predicted octanol–water partition coefficient (Wildman–Crippen LogP) is 1.12. The first-order chi connectivity index (χ1) is 6.91. The van der Waals surface area contributed by atoms with Gasteiger partial charge in [0.15, 0.2) is 22.8 Å². The van der Waals surface area contributed by atoms with Crippen molar-refractivity contribution in [3.63, 3.8) is 0 Å². The first-order valence-electron chi connectivity index (χ1n) is 3.36. The molecule has 15 heavy (non-hydrogen) atoms. The average molecular weight is 224 g/mol. The van der Waals surface area contributed by atoms with E-state index < -0.39 is 40.4 Å². The van der Waals surface area contributed by atoms with Crippen molar-refractivity contribution in [2.75, 3.05) is 0 Å². The molecule has 0 aromatic heterocycles. The zero-order chi connectivity index (χ0) is 11.7. The lowest BCUT2D eigenvalue weighted by molar-refractivity contribution is -0.0792. The number of rotatable bonds is 1. The van der Waals surface area contributed by atoms with E-state index in [1.165, 1.54) is 0 Å². The second-order valence-electron chi connectivity index (χ2n) is 2.41. The molecule has 0 aliphatic rings. The minimum atomic E-state index is -2.00. The van der Waals surface area contributed by atoms with Gasteiger partial charge in [-0.15, -0.1) is 0 Å². The SMILES string of the molecule is O=C(OF)c1c(O)c(F)c(O)c(F)c1O. The van der Waals surface area contributed by atoms with Crippen LogP contribution in [0.5, 0.6) is 17.2 Å². The van der Waals surface area contributed by atoms with Crippen LogP contribution in [0.3, 0.4) is 0 Å². The molecule has 0 aliphatic carbocycles. The number of carbonyl (C=O) groups is 1. The van der Waals surface area contributed by atoms with Crippen LogP contribution in [-0.4, -0.2) is 21.3 Å². The number of hydrogen-bond donors (Lipinski definition) is 3. The fraction of sp³-hybridized carbons (Fsp3) is 0. The Balaban J connectivity index is 3.60. The van der Waals surface area contributed by atoms with Crippen LogP contribution in [0.4, 0.5) is 13.3 Å². The molecule has 0 atom stereocenters. The van der Waals surface area contributed by atoms with Gasteiger partial charge in [-0.3, -0.25) is 0 Å². The molecule has 1 aromatic carbocycles. The van der Waals surface area contributed by atoms with E-state index in [1.54, 1.807) is 0 Å². The Labute approximate surface area is 79.9 Å². The van der Waals surface area contributed by atoms with E-state index in [4.69, 9.17) is 15.3 Å². The van der Waals surface area contributed by atoms with Gasteiger partial charge in [0.05, 0.1) is 0 Å². The van der Waals surface area contributed by atoms with Gasteiger partial charge in [0.1, 0.15) is 0 Å². The number of benzene rings is 1. The van der Waals surface area contributed by atoms with Gasteiger partial charge in [-0.25, -0.2) is 9.74 Å². The fourth-order valence-electron chi connectivity index (χ4n) is 0.884. The summed E-state index contributed by atoms with van der Waals surface area (Å²) in [5.41, 5.74) is -1.45. The lowest BCUT2D eigenvalue weighted by atomic mass is 10.1. The lowest BCUT2D eigenvalue weighted by Crippen LogP contribution is -2.03. The highest BCUT2D eigenvalue weighted by Crippen LogP contribution is 2.39. The van der Waals surface area contributed by atoms with Crippen LogP contribution in [0.2, 0.25) is 0 Å². The third-order valence-electron chi connectivity index (χ3n) is 1.58. The minimum absolute atomic E-state index is 1.45. The van der Waals surface area contributed by atoms with Crippen LogP contribution < -0.4 is 0 Å². The summed E-state index contributed by atoms with van der Waals surface area (Å²) >= 11 is 0.